The van der Waals surface area contributed by atoms with Crippen LogP contribution >= 0.6 is 0 Å². The monoisotopic (exact) mass is 302 g/mol. The van der Waals surface area contributed by atoms with Crippen molar-refractivity contribution in [3.63, 3.8) is 0 Å². The quantitative estimate of drug-likeness (QED) is 0.674. The third-order valence-electron chi connectivity index (χ3n) is 4.17. The Bertz CT molecular complexity index is 570. The van der Waals surface area contributed by atoms with Crippen LogP contribution in [-0.4, -0.2) is 34.6 Å². The molecule has 2 amide bonds. The summed E-state index contributed by atoms with van der Waals surface area (Å²) in [5, 5.41) is 2.60. The van der Waals surface area contributed by atoms with Crippen LogP contribution < -0.4 is 5.32 Å². The van der Waals surface area contributed by atoms with E-state index in [1.54, 1.807) is 29.2 Å². The summed E-state index contributed by atoms with van der Waals surface area (Å²) in [7, 11) is 0. The van der Waals surface area contributed by atoms with E-state index in [0.29, 0.717) is 11.3 Å². The summed E-state index contributed by atoms with van der Waals surface area (Å²) >= 11 is 0. The van der Waals surface area contributed by atoms with Gasteiger partial charge in [0.05, 0.1) is 0 Å². The van der Waals surface area contributed by atoms with Crippen LogP contribution in [0.5, 0.6) is 0 Å². The normalized spacial score (nSPS) is 21.3. The van der Waals surface area contributed by atoms with Crippen molar-refractivity contribution in [3.05, 3.63) is 29.8 Å². The molecule has 22 heavy (non-hydrogen) atoms. The molecule has 0 radical (unpaired) electrons. The average Bonchev–Trinajstić information content (AvgIpc) is 2.47. The highest BCUT2D eigenvalue weighted by molar-refractivity contribution is 6.39. The van der Waals surface area contributed by atoms with Gasteiger partial charge in [-0.05, 0) is 64.3 Å². The Morgan fingerprint density at radius 2 is 1.59 bits per heavy atom. The number of carbonyl (C=O) groups excluding carboxylic acids is 3. The SMILES string of the molecule is CC(=O)c1ccc(NC(=O)C(=O)N2C(C)CCCC2C)cc1. The van der Waals surface area contributed by atoms with E-state index in [1.807, 2.05) is 13.8 Å². The van der Waals surface area contributed by atoms with Gasteiger partial charge in [0.15, 0.2) is 5.78 Å². The molecule has 1 aromatic rings. The Morgan fingerprint density at radius 3 is 2.09 bits per heavy atom. The van der Waals surface area contributed by atoms with Crippen molar-refractivity contribution in [2.45, 2.75) is 52.1 Å². The number of nitrogens with zero attached hydrogens (tertiary/aromatic N) is 1. The van der Waals surface area contributed by atoms with Crippen molar-refractivity contribution in [2.75, 3.05) is 5.32 Å². The van der Waals surface area contributed by atoms with Gasteiger partial charge in [-0.2, -0.15) is 0 Å². The van der Waals surface area contributed by atoms with E-state index in [4.69, 9.17) is 0 Å². The van der Waals surface area contributed by atoms with Gasteiger partial charge in [-0.25, -0.2) is 0 Å². The molecule has 1 heterocycles. The van der Waals surface area contributed by atoms with Crippen LogP contribution in [0.3, 0.4) is 0 Å². The van der Waals surface area contributed by atoms with Gasteiger partial charge in [0.1, 0.15) is 0 Å². The van der Waals surface area contributed by atoms with E-state index >= 15 is 0 Å². The van der Waals surface area contributed by atoms with Crippen molar-refractivity contribution in [1.29, 1.82) is 0 Å². The van der Waals surface area contributed by atoms with Crippen LogP contribution in [-0.2, 0) is 9.59 Å². The van der Waals surface area contributed by atoms with E-state index < -0.39 is 11.8 Å². The first-order valence-corrected chi connectivity index (χ1v) is 7.64. The molecule has 0 saturated carbocycles. The molecule has 0 aliphatic carbocycles. The number of amides is 2. The molecule has 1 aliphatic rings. The van der Waals surface area contributed by atoms with Crippen molar-refractivity contribution < 1.29 is 14.4 Å². The molecular formula is C17H22N2O3. The first-order chi connectivity index (χ1) is 10.4. The second-order valence-corrected chi connectivity index (χ2v) is 5.93. The number of carbonyl (C=O) groups is 3. The van der Waals surface area contributed by atoms with Crippen molar-refractivity contribution >= 4 is 23.3 Å². The predicted molar refractivity (Wildman–Crippen MR) is 84.7 cm³/mol. The van der Waals surface area contributed by atoms with Crippen LogP contribution in [0.2, 0.25) is 0 Å². The van der Waals surface area contributed by atoms with Crippen LogP contribution in [0.15, 0.2) is 24.3 Å². The maximum Gasteiger partial charge on any atom is 0.313 e. The molecule has 2 atom stereocenters. The Morgan fingerprint density at radius 1 is 1.05 bits per heavy atom. The minimum atomic E-state index is -0.629. The fourth-order valence-electron chi connectivity index (χ4n) is 2.91. The number of ketones is 1. The van der Waals surface area contributed by atoms with Crippen LogP contribution in [0.25, 0.3) is 0 Å². The molecule has 0 spiro atoms. The fourth-order valence-corrected chi connectivity index (χ4v) is 2.91. The first-order valence-electron chi connectivity index (χ1n) is 7.64. The number of piperidine rings is 1. The number of nitrogens with one attached hydrogen (secondary N) is 1. The number of benzene rings is 1. The number of hydrogen-bond acceptors (Lipinski definition) is 3. The Labute approximate surface area is 130 Å². The molecule has 1 saturated heterocycles. The molecule has 1 aromatic carbocycles. The zero-order chi connectivity index (χ0) is 16.3. The Kier molecular flexibility index (Phi) is 4.96. The summed E-state index contributed by atoms with van der Waals surface area (Å²) in [4.78, 5) is 37.4. The number of anilines is 1. The van der Waals surface area contributed by atoms with Gasteiger partial charge in [-0.3, -0.25) is 14.4 Å². The summed E-state index contributed by atoms with van der Waals surface area (Å²) < 4.78 is 0. The largest absolute Gasteiger partial charge is 0.329 e. The maximum absolute atomic E-state index is 12.4. The molecule has 2 unspecified atom stereocenters. The fraction of sp³-hybridized carbons (Fsp3) is 0.471. The van der Waals surface area contributed by atoms with E-state index in [-0.39, 0.29) is 17.9 Å². The van der Waals surface area contributed by atoms with Gasteiger partial charge in [0, 0.05) is 23.3 Å². The number of Topliss-reactive ketones (excluding diaryl/α,β-unsaturated/α-hetero) is 1. The maximum atomic E-state index is 12.4. The molecular weight excluding hydrogens is 280 g/mol. The van der Waals surface area contributed by atoms with Crippen LogP contribution in [0, 0.1) is 0 Å². The summed E-state index contributed by atoms with van der Waals surface area (Å²) in [5.74, 6) is -1.16. The van der Waals surface area contributed by atoms with Gasteiger partial charge in [-0.15, -0.1) is 0 Å². The lowest BCUT2D eigenvalue weighted by atomic mass is 9.97. The molecule has 118 valence electrons. The molecule has 1 fully saturated rings. The third-order valence-corrected chi connectivity index (χ3v) is 4.17. The first kappa shape index (κ1) is 16.2. The second-order valence-electron chi connectivity index (χ2n) is 5.93. The van der Waals surface area contributed by atoms with Gasteiger partial charge >= 0.3 is 11.8 Å². The summed E-state index contributed by atoms with van der Waals surface area (Å²) in [6.07, 6.45) is 2.94. The highest BCUT2D eigenvalue weighted by Crippen LogP contribution is 2.23. The lowest BCUT2D eigenvalue weighted by Crippen LogP contribution is -2.51. The standard InChI is InChI=1S/C17H22N2O3/c1-11-5-4-6-12(2)19(11)17(22)16(21)18-15-9-7-14(8-10-15)13(3)20/h7-12H,4-6H2,1-3H3,(H,18,21). The highest BCUT2D eigenvalue weighted by atomic mass is 16.2. The smallest absolute Gasteiger partial charge is 0.313 e. The van der Waals surface area contributed by atoms with Gasteiger partial charge in [-0.1, -0.05) is 0 Å². The van der Waals surface area contributed by atoms with Gasteiger partial charge < -0.3 is 10.2 Å². The third kappa shape index (κ3) is 3.53. The van der Waals surface area contributed by atoms with E-state index in [2.05, 4.69) is 5.32 Å². The van der Waals surface area contributed by atoms with Crippen molar-refractivity contribution in [2.24, 2.45) is 0 Å². The molecule has 0 aromatic heterocycles. The van der Waals surface area contributed by atoms with Crippen molar-refractivity contribution in [3.8, 4) is 0 Å². The minimum Gasteiger partial charge on any atom is -0.329 e. The predicted octanol–water partition coefficient (Wildman–Crippen LogP) is 2.62. The van der Waals surface area contributed by atoms with E-state index in [1.165, 1.54) is 6.92 Å². The number of hydrogen-bond donors (Lipinski definition) is 1. The second kappa shape index (κ2) is 6.73. The molecule has 2 rings (SSSR count). The molecule has 5 heteroatoms. The van der Waals surface area contributed by atoms with Gasteiger partial charge in [0.2, 0.25) is 0 Å². The molecule has 5 nitrogen and oxygen atoms in total. The minimum absolute atomic E-state index is 0.0371. The zero-order valence-electron chi connectivity index (χ0n) is 13.3. The Balaban J connectivity index is 2.04. The van der Waals surface area contributed by atoms with Gasteiger partial charge in [0.25, 0.3) is 0 Å². The molecule has 1 aliphatic heterocycles. The van der Waals surface area contributed by atoms with Crippen LogP contribution in [0.4, 0.5) is 5.69 Å². The van der Waals surface area contributed by atoms with Crippen molar-refractivity contribution in [1.82, 2.24) is 4.90 Å². The summed E-state index contributed by atoms with van der Waals surface area (Å²) in [6.45, 7) is 5.43. The van der Waals surface area contributed by atoms with E-state index in [9.17, 15) is 14.4 Å². The number of rotatable bonds is 2. The highest BCUT2D eigenvalue weighted by Gasteiger charge is 2.32. The zero-order valence-corrected chi connectivity index (χ0v) is 13.3. The Hall–Kier alpha value is -2.17. The van der Waals surface area contributed by atoms with E-state index in [0.717, 1.165) is 19.3 Å². The molecule has 1 N–H and O–H groups in total. The number of likely N-dealkylation sites (tertiary alicyclic amines) is 1. The topological polar surface area (TPSA) is 66.5 Å². The lowest BCUT2D eigenvalue weighted by Gasteiger charge is -2.38. The lowest BCUT2D eigenvalue weighted by molar-refractivity contribution is -0.147. The summed E-state index contributed by atoms with van der Waals surface area (Å²) in [6, 6.07) is 6.70. The summed E-state index contributed by atoms with van der Waals surface area (Å²) in [5.41, 5.74) is 1.09. The molecule has 0 bridgehead atoms. The average molecular weight is 302 g/mol. The van der Waals surface area contributed by atoms with Crippen LogP contribution in [0.1, 0.15) is 50.4 Å².